The highest BCUT2D eigenvalue weighted by molar-refractivity contribution is 5.54. The minimum Gasteiger partial charge on any atom is -0.393 e. The first-order valence-corrected chi connectivity index (χ1v) is 6.18. The molecule has 1 aliphatic carbocycles. The summed E-state index contributed by atoms with van der Waals surface area (Å²) in [6.07, 6.45) is 6.61. The third kappa shape index (κ3) is 3.04. The third-order valence-corrected chi connectivity index (χ3v) is 4.20. The average molecular weight is 211 g/mol. The summed E-state index contributed by atoms with van der Waals surface area (Å²) < 4.78 is 0. The molecule has 2 heteroatoms. The largest absolute Gasteiger partial charge is 0.393 e. The molecule has 1 aliphatic rings. The van der Waals surface area contributed by atoms with Crippen LogP contribution < -0.4 is 0 Å². The predicted octanol–water partition coefficient (Wildman–Crippen LogP) is 3.24. The van der Waals surface area contributed by atoms with Gasteiger partial charge in [-0.05, 0) is 49.1 Å². The number of aliphatic hydroxyl groups excluding tert-OH is 1. The Labute approximate surface area is 93.6 Å². The molecule has 0 saturated heterocycles. The van der Waals surface area contributed by atoms with Crippen LogP contribution in [0.15, 0.2) is 0 Å². The first-order chi connectivity index (χ1) is 7.01. The van der Waals surface area contributed by atoms with E-state index < -0.39 is 0 Å². The van der Waals surface area contributed by atoms with Gasteiger partial charge in [-0.25, -0.2) is 0 Å². The van der Waals surface area contributed by atoms with Crippen LogP contribution in [0.3, 0.4) is 0 Å². The molecule has 0 aromatic rings. The Kier molecular flexibility index (Phi) is 4.32. The second-order valence-electron chi connectivity index (χ2n) is 5.64. The van der Waals surface area contributed by atoms with E-state index in [1.807, 2.05) is 0 Å². The lowest BCUT2D eigenvalue weighted by molar-refractivity contribution is 0.0153. The molecule has 1 fully saturated rings. The molecule has 0 aromatic carbocycles. The van der Waals surface area contributed by atoms with Crippen LogP contribution >= 0.6 is 0 Å². The average Bonchev–Trinajstić information content (AvgIpc) is 2.18. The lowest BCUT2D eigenvalue weighted by Crippen LogP contribution is -2.35. The lowest BCUT2D eigenvalue weighted by Gasteiger charge is -2.41. The second kappa shape index (κ2) is 5.11. The molecule has 3 unspecified atom stereocenters. The summed E-state index contributed by atoms with van der Waals surface area (Å²) in [6.45, 7) is 6.68. The van der Waals surface area contributed by atoms with Crippen LogP contribution in [0.4, 0.5) is 0 Å². The van der Waals surface area contributed by atoms with E-state index in [1.165, 1.54) is 6.21 Å². The molecule has 1 saturated carbocycles. The molecule has 0 amide bonds. The van der Waals surface area contributed by atoms with Gasteiger partial charge in [0.25, 0.3) is 0 Å². The number of nitrogens with one attached hydrogen (secondary N) is 1. The number of hydrogen-bond donors (Lipinski definition) is 2. The maximum Gasteiger partial charge on any atom is 0.0568 e. The summed E-state index contributed by atoms with van der Waals surface area (Å²) in [6, 6.07) is 0. The van der Waals surface area contributed by atoms with E-state index in [2.05, 4.69) is 20.8 Å². The summed E-state index contributed by atoms with van der Waals surface area (Å²) >= 11 is 0. The maximum atomic E-state index is 9.84. The molecule has 15 heavy (non-hydrogen) atoms. The van der Waals surface area contributed by atoms with E-state index >= 15 is 0 Å². The Morgan fingerprint density at radius 1 is 1.40 bits per heavy atom. The molecular weight excluding hydrogens is 186 g/mol. The monoisotopic (exact) mass is 211 g/mol. The topological polar surface area (TPSA) is 44.1 Å². The van der Waals surface area contributed by atoms with Gasteiger partial charge in [0.15, 0.2) is 0 Å². The molecule has 0 heterocycles. The lowest BCUT2D eigenvalue weighted by atomic mass is 9.65. The highest BCUT2D eigenvalue weighted by atomic mass is 16.3. The Balaban J connectivity index is 2.60. The highest BCUT2D eigenvalue weighted by Crippen LogP contribution is 2.43. The molecule has 0 spiro atoms. The van der Waals surface area contributed by atoms with Crippen LogP contribution in [0, 0.1) is 22.7 Å². The van der Waals surface area contributed by atoms with E-state index in [0.29, 0.717) is 11.8 Å². The van der Waals surface area contributed by atoms with E-state index in [-0.39, 0.29) is 11.5 Å². The highest BCUT2D eigenvalue weighted by Gasteiger charge is 2.36. The molecule has 2 nitrogen and oxygen atoms in total. The number of rotatable bonds is 4. The molecular formula is C13H25NO. The van der Waals surface area contributed by atoms with Gasteiger partial charge in [0, 0.05) is 0 Å². The van der Waals surface area contributed by atoms with Crippen LogP contribution in [0.2, 0.25) is 0 Å². The molecule has 0 bridgehead atoms. The van der Waals surface area contributed by atoms with Crippen molar-refractivity contribution in [3.63, 3.8) is 0 Å². The van der Waals surface area contributed by atoms with E-state index in [0.717, 1.165) is 32.1 Å². The quantitative estimate of drug-likeness (QED) is 0.689. The maximum absolute atomic E-state index is 9.84. The zero-order valence-electron chi connectivity index (χ0n) is 10.3. The van der Waals surface area contributed by atoms with Gasteiger partial charge in [0.1, 0.15) is 0 Å². The minimum atomic E-state index is -0.0815. The Hall–Kier alpha value is -0.370. The van der Waals surface area contributed by atoms with E-state index in [1.54, 1.807) is 0 Å². The van der Waals surface area contributed by atoms with Gasteiger partial charge in [-0.2, -0.15) is 0 Å². The Morgan fingerprint density at radius 2 is 2.07 bits per heavy atom. The fourth-order valence-corrected chi connectivity index (χ4v) is 2.83. The van der Waals surface area contributed by atoms with Gasteiger partial charge in [0.2, 0.25) is 0 Å². The third-order valence-electron chi connectivity index (χ3n) is 4.20. The van der Waals surface area contributed by atoms with Crippen LogP contribution in [0.5, 0.6) is 0 Å². The van der Waals surface area contributed by atoms with Crippen LogP contribution in [-0.2, 0) is 0 Å². The molecule has 88 valence electrons. The fraction of sp³-hybridized carbons (Fsp3) is 0.923. The van der Waals surface area contributed by atoms with E-state index in [9.17, 15) is 5.11 Å². The van der Waals surface area contributed by atoms with Gasteiger partial charge < -0.3 is 10.5 Å². The molecule has 3 atom stereocenters. The van der Waals surface area contributed by atoms with Crippen molar-refractivity contribution in [2.24, 2.45) is 17.3 Å². The first kappa shape index (κ1) is 12.7. The van der Waals surface area contributed by atoms with Crippen molar-refractivity contribution in [3.8, 4) is 0 Å². The number of aliphatic hydroxyl groups is 1. The summed E-state index contributed by atoms with van der Waals surface area (Å²) in [4.78, 5) is 0. The van der Waals surface area contributed by atoms with E-state index in [4.69, 9.17) is 5.41 Å². The summed E-state index contributed by atoms with van der Waals surface area (Å²) in [5.74, 6) is 1.15. The van der Waals surface area contributed by atoms with Crippen molar-refractivity contribution >= 4 is 6.21 Å². The zero-order valence-corrected chi connectivity index (χ0v) is 10.3. The summed E-state index contributed by atoms with van der Waals surface area (Å²) in [7, 11) is 0. The van der Waals surface area contributed by atoms with Crippen LogP contribution in [0.1, 0.15) is 52.9 Å². The van der Waals surface area contributed by atoms with Gasteiger partial charge in [0.05, 0.1) is 6.10 Å². The van der Waals surface area contributed by atoms with Gasteiger partial charge >= 0.3 is 0 Å². The van der Waals surface area contributed by atoms with Crippen LogP contribution in [0.25, 0.3) is 0 Å². The van der Waals surface area contributed by atoms with Gasteiger partial charge in [-0.1, -0.05) is 27.2 Å². The first-order valence-electron chi connectivity index (χ1n) is 6.18. The smallest absolute Gasteiger partial charge is 0.0568 e. The second-order valence-corrected chi connectivity index (χ2v) is 5.64. The minimum absolute atomic E-state index is 0.0815. The Bertz CT molecular complexity index is 213. The van der Waals surface area contributed by atoms with Crippen molar-refractivity contribution in [1.82, 2.24) is 0 Å². The zero-order chi connectivity index (χ0) is 11.5. The van der Waals surface area contributed by atoms with Crippen molar-refractivity contribution in [2.75, 3.05) is 0 Å². The van der Waals surface area contributed by atoms with Crippen molar-refractivity contribution in [3.05, 3.63) is 0 Å². The van der Waals surface area contributed by atoms with Gasteiger partial charge in [-0.3, -0.25) is 0 Å². The van der Waals surface area contributed by atoms with Crippen molar-refractivity contribution in [1.29, 1.82) is 5.41 Å². The molecule has 1 rings (SSSR count). The van der Waals surface area contributed by atoms with Crippen molar-refractivity contribution in [2.45, 2.75) is 59.0 Å². The molecule has 0 aromatic heterocycles. The van der Waals surface area contributed by atoms with Gasteiger partial charge in [-0.15, -0.1) is 0 Å². The molecule has 2 N–H and O–H groups in total. The summed E-state index contributed by atoms with van der Waals surface area (Å²) in [5.41, 5.74) is 0.231. The number of hydrogen-bond acceptors (Lipinski definition) is 2. The fourth-order valence-electron chi connectivity index (χ4n) is 2.83. The Morgan fingerprint density at radius 3 is 2.60 bits per heavy atom. The van der Waals surface area contributed by atoms with Crippen molar-refractivity contribution < 1.29 is 5.11 Å². The predicted molar refractivity (Wildman–Crippen MR) is 64.3 cm³/mol. The molecule has 0 aliphatic heterocycles. The normalized spacial score (nSPS) is 32.7. The van der Waals surface area contributed by atoms with Crippen LogP contribution in [-0.4, -0.2) is 17.4 Å². The molecule has 0 radical (unpaired) electrons. The summed E-state index contributed by atoms with van der Waals surface area (Å²) in [5, 5.41) is 17.1. The SMILES string of the molecule is CCC1CC(C(C)(C)CC=N)CCC1O. The standard InChI is InChI=1S/C13H25NO/c1-4-10-9-11(5-6-12(10)15)13(2,3)7-8-14/h8,10-12,14-15H,4-7,9H2,1-3H3.